The quantitative estimate of drug-likeness (QED) is 0.407. The van der Waals surface area contributed by atoms with E-state index in [-0.39, 0.29) is 0 Å². The summed E-state index contributed by atoms with van der Waals surface area (Å²) in [6.45, 7) is 7.04. The highest BCUT2D eigenvalue weighted by atomic mass is 16.5. The van der Waals surface area contributed by atoms with E-state index in [0.29, 0.717) is 11.8 Å². The molecule has 0 aliphatic rings. The van der Waals surface area contributed by atoms with Crippen molar-refractivity contribution in [1.82, 2.24) is 14.9 Å². The average Bonchev–Trinajstić information content (AvgIpc) is 2.75. The summed E-state index contributed by atoms with van der Waals surface area (Å²) in [6, 6.07) is 15.8. The van der Waals surface area contributed by atoms with Crippen LogP contribution < -0.4 is 9.64 Å². The van der Waals surface area contributed by atoms with Gasteiger partial charge in [0, 0.05) is 38.6 Å². The first-order valence-corrected chi connectivity index (χ1v) is 9.63. The van der Waals surface area contributed by atoms with Crippen molar-refractivity contribution in [1.29, 1.82) is 0 Å². The highest BCUT2D eigenvalue weighted by Crippen LogP contribution is 2.31. The fourth-order valence-corrected chi connectivity index (χ4v) is 2.70. The van der Waals surface area contributed by atoms with Gasteiger partial charge in [0.15, 0.2) is 0 Å². The van der Waals surface area contributed by atoms with Gasteiger partial charge in [-0.25, -0.2) is 9.98 Å². The Morgan fingerprint density at radius 2 is 1.79 bits per heavy atom. The Morgan fingerprint density at radius 1 is 1.03 bits per heavy atom. The van der Waals surface area contributed by atoms with E-state index >= 15 is 0 Å². The number of hydrogen-bond donors (Lipinski definition) is 0. The number of nitrogens with zero attached hydrogens (tertiary/aromatic N) is 5. The lowest BCUT2D eigenvalue weighted by atomic mass is 10.1. The van der Waals surface area contributed by atoms with Gasteiger partial charge < -0.3 is 14.5 Å². The van der Waals surface area contributed by atoms with Gasteiger partial charge in [-0.3, -0.25) is 0 Å². The fraction of sp³-hybridized carbons (Fsp3) is 0.261. The molecule has 0 radical (unpaired) electrons. The lowest BCUT2D eigenvalue weighted by molar-refractivity contribution is 0.458. The van der Waals surface area contributed by atoms with Crippen molar-refractivity contribution in [3.05, 3.63) is 65.9 Å². The number of para-hydroxylation sites is 1. The molecule has 6 heteroatoms. The Bertz CT molecular complexity index is 988. The molecule has 0 saturated carbocycles. The van der Waals surface area contributed by atoms with Gasteiger partial charge >= 0.3 is 0 Å². The number of benzene rings is 2. The van der Waals surface area contributed by atoms with E-state index in [1.165, 1.54) is 0 Å². The minimum atomic E-state index is 0.502. The molecule has 0 aliphatic carbocycles. The van der Waals surface area contributed by atoms with Crippen LogP contribution in [0.25, 0.3) is 0 Å². The number of rotatable bonds is 7. The first kappa shape index (κ1) is 20.3. The van der Waals surface area contributed by atoms with Crippen LogP contribution >= 0.6 is 0 Å². The van der Waals surface area contributed by atoms with Crippen molar-refractivity contribution < 1.29 is 4.74 Å². The van der Waals surface area contributed by atoms with Gasteiger partial charge in [-0.15, -0.1) is 0 Å². The van der Waals surface area contributed by atoms with Gasteiger partial charge in [0.25, 0.3) is 0 Å². The van der Waals surface area contributed by atoms with Crippen molar-refractivity contribution >= 4 is 23.7 Å². The van der Waals surface area contributed by atoms with E-state index < -0.39 is 0 Å². The fourth-order valence-electron chi connectivity index (χ4n) is 2.70. The molecular formula is C23H27N5O. The van der Waals surface area contributed by atoms with Crippen LogP contribution in [0.2, 0.25) is 0 Å². The van der Waals surface area contributed by atoms with Crippen LogP contribution in [-0.2, 0) is 0 Å². The van der Waals surface area contributed by atoms with Crippen LogP contribution in [0.5, 0.6) is 11.6 Å². The molecule has 0 fully saturated rings. The second-order valence-corrected chi connectivity index (χ2v) is 6.91. The first-order valence-electron chi connectivity index (χ1n) is 9.63. The number of hydrogen-bond acceptors (Lipinski definition) is 5. The summed E-state index contributed by atoms with van der Waals surface area (Å²) in [5.74, 6) is 1.84. The average molecular weight is 390 g/mol. The van der Waals surface area contributed by atoms with E-state index in [9.17, 15) is 0 Å². The largest absolute Gasteiger partial charge is 0.439 e. The van der Waals surface area contributed by atoms with E-state index in [2.05, 4.69) is 21.9 Å². The highest BCUT2D eigenvalue weighted by Gasteiger charge is 2.11. The maximum absolute atomic E-state index is 6.08. The molecule has 0 aliphatic heterocycles. The molecule has 0 N–H and O–H groups in total. The van der Waals surface area contributed by atoms with Gasteiger partial charge in [-0.1, -0.05) is 18.2 Å². The summed E-state index contributed by atoms with van der Waals surface area (Å²) >= 11 is 0. The predicted octanol–water partition coefficient (Wildman–Crippen LogP) is 5.27. The maximum Gasteiger partial charge on any atom is 0.232 e. The van der Waals surface area contributed by atoms with E-state index in [4.69, 9.17) is 4.74 Å². The number of ether oxygens (including phenoxy) is 1. The normalized spacial score (nSPS) is 10.9. The summed E-state index contributed by atoms with van der Waals surface area (Å²) in [7, 11) is 3.94. The van der Waals surface area contributed by atoms with Crippen LogP contribution in [0, 0.1) is 13.8 Å². The topological polar surface area (TPSA) is 53.9 Å². The van der Waals surface area contributed by atoms with Crippen molar-refractivity contribution in [2.24, 2.45) is 4.99 Å². The maximum atomic E-state index is 6.08. The van der Waals surface area contributed by atoms with E-state index in [0.717, 1.165) is 34.8 Å². The van der Waals surface area contributed by atoms with Crippen LogP contribution in [0.1, 0.15) is 18.1 Å². The second kappa shape index (κ2) is 9.19. The first-order chi connectivity index (χ1) is 14.0. The summed E-state index contributed by atoms with van der Waals surface area (Å²) in [6.07, 6.45) is 3.55. The molecule has 3 rings (SSSR count). The Kier molecular flexibility index (Phi) is 6.44. The van der Waals surface area contributed by atoms with Gasteiger partial charge in [0.1, 0.15) is 5.75 Å². The molecule has 150 valence electrons. The van der Waals surface area contributed by atoms with E-state index in [1.807, 2.05) is 86.5 Å². The van der Waals surface area contributed by atoms with Crippen molar-refractivity contribution in [2.75, 3.05) is 25.5 Å². The van der Waals surface area contributed by atoms with Gasteiger partial charge in [-0.2, -0.15) is 4.98 Å². The predicted molar refractivity (Wildman–Crippen MR) is 119 cm³/mol. The number of aromatic nitrogens is 2. The summed E-state index contributed by atoms with van der Waals surface area (Å²) < 4.78 is 6.08. The molecule has 3 aromatic rings. The monoisotopic (exact) mass is 389 g/mol. The third-order valence-corrected chi connectivity index (χ3v) is 4.66. The standard InChI is InChI=1S/C23H27N5O/c1-6-27(4)16-25-20-14-18(3)21(15-17(20)2)29-22-12-13-24-23(26-22)28(5)19-10-8-7-9-11-19/h7-16H,6H2,1-5H3. The van der Waals surface area contributed by atoms with Crippen LogP contribution in [0.15, 0.2) is 59.7 Å². The zero-order valence-corrected chi connectivity index (χ0v) is 17.6. The Morgan fingerprint density at radius 3 is 2.52 bits per heavy atom. The molecule has 0 spiro atoms. The molecule has 2 aromatic carbocycles. The minimum absolute atomic E-state index is 0.502. The number of anilines is 2. The van der Waals surface area contributed by atoms with Crippen molar-refractivity contribution in [3.8, 4) is 11.6 Å². The zero-order valence-electron chi connectivity index (χ0n) is 17.6. The van der Waals surface area contributed by atoms with Crippen molar-refractivity contribution in [2.45, 2.75) is 20.8 Å². The summed E-state index contributed by atoms with van der Waals surface area (Å²) in [4.78, 5) is 17.5. The molecule has 0 saturated heterocycles. The summed E-state index contributed by atoms with van der Waals surface area (Å²) in [5.41, 5.74) is 3.98. The van der Waals surface area contributed by atoms with Gasteiger partial charge in [-0.05, 0) is 56.2 Å². The Balaban J connectivity index is 1.81. The number of aryl methyl sites for hydroxylation is 2. The second-order valence-electron chi connectivity index (χ2n) is 6.91. The molecule has 1 aromatic heterocycles. The van der Waals surface area contributed by atoms with E-state index in [1.54, 1.807) is 12.3 Å². The molecule has 1 heterocycles. The third-order valence-electron chi connectivity index (χ3n) is 4.66. The van der Waals surface area contributed by atoms with Gasteiger partial charge in [0.05, 0.1) is 12.0 Å². The van der Waals surface area contributed by atoms with Crippen LogP contribution in [-0.4, -0.2) is 41.8 Å². The molecule has 29 heavy (non-hydrogen) atoms. The lowest BCUT2D eigenvalue weighted by Crippen LogP contribution is -2.14. The smallest absolute Gasteiger partial charge is 0.232 e. The van der Waals surface area contributed by atoms with Crippen molar-refractivity contribution in [3.63, 3.8) is 0 Å². The SMILES string of the molecule is CCN(C)C=Nc1cc(C)c(Oc2ccnc(N(C)c3ccccc3)n2)cc1C. The molecule has 0 bridgehead atoms. The Hall–Kier alpha value is -3.41. The Labute approximate surface area is 172 Å². The number of aliphatic imine (C=N–C) groups is 1. The molecule has 0 unspecified atom stereocenters. The summed E-state index contributed by atoms with van der Waals surface area (Å²) in [5, 5.41) is 0. The zero-order chi connectivity index (χ0) is 20.8. The molecule has 0 amide bonds. The van der Waals surface area contributed by atoms with Crippen LogP contribution in [0.4, 0.5) is 17.3 Å². The minimum Gasteiger partial charge on any atom is -0.439 e. The highest BCUT2D eigenvalue weighted by molar-refractivity contribution is 5.64. The lowest BCUT2D eigenvalue weighted by Gasteiger charge is -2.18. The third kappa shape index (κ3) is 5.10. The van der Waals surface area contributed by atoms with Gasteiger partial charge in [0.2, 0.25) is 11.8 Å². The van der Waals surface area contributed by atoms with Crippen LogP contribution in [0.3, 0.4) is 0 Å². The molecular weight excluding hydrogens is 362 g/mol. The molecule has 6 nitrogen and oxygen atoms in total. The molecule has 0 atom stereocenters.